The summed E-state index contributed by atoms with van der Waals surface area (Å²) in [6, 6.07) is 0. The monoisotopic (exact) mass is 287 g/mol. The Morgan fingerprint density at radius 2 is 2.40 bits per heavy atom. The van der Waals surface area contributed by atoms with Crippen LogP contribution in [0.3, 0.4) is 0 Å². The zero-order valence-electron chi connectivity index (χ0n) is 8.66. The molecule has 1 aliphatic carbocycles. The molecule has 0 atom stereocenters. The fraction of sp³-hybridized carbons (Fsp3) is 0.600. The molecule has 1 fully saturated rings. The molecule has 0 spiro atoms. The summed E-state index contributed by atoms with van der Waals surface area (Å²) in [5.74, 6) is 0.894. The van der Waals surface area contributed by atoms with Gasteiger partial charge in [-0.25, -0.2) is 9.97 Å². The van der Waals surface area contributed by atoms with Crippen molar-refractivity contribution in [2.75, 3.05) is 18.1 Å². The lowest BCUT2D eigenvalue weighted by molar-refractivity contribution is 0.379. The standard InChI is InChI=1S/C10H14BrN3S/c1-15-10(3-2-4-10)6-13-9-8(11)5-12-7-14-9/h5,7H,2-4,6H2,1H3,(H,12,13,14). The van der Waals surface area contributed by atoms with Gasteiger partial charge in [0.2, 0.25) is 0 Å². The minimum atomic E-state index is 0.435. The number of anilines is 1. The summed E-state index contributed by atoms with van der Waals surface area (Å²) in [7, 11) is 0. The minimum absolute atomic E-state index is 0.435. The van der Waals surface area contributed by atoms with Crippen LogP contribution in [0.15, 0.2) is 17.0 Å². The van der Waals surface area contributed by atoms with Gasteiger partial charge in [-0.3, -0.25) is 0 Å². The van der Waals surface area contributed by atoms with E-state index in [2.05, 4.69) is 37.5 Å². The van der Waals surface area contributed by atoms with E-state index >= 15 is 0 Å². The van der Waals surface area contributed by atoms with Crippen LogP contribution in [0, 0.1) is 0 Å². The van der Waals surface area contributed by atoms with Crippen molar-refractivity contribution in [3.63, 3.8) is 0 Å². The van der Waals surface area contributed by atoms with Crippen molar-refractivity contribution in [2.24, 2.45) is 0 Å². The van der Waals surface area contributed by atoms with Crippen LogP contribution < -0.4 is 5.32 Å². The number of hydrogen-bond donors (Lipinski definition) is 1. The van der Waals surface area contributed by atoms with Gasteiger partial charge in [0.1, 0.15) is 12.1 Å². The summed E-state index contributed by atoms with van der Waals surface area (Å²) >= 11 is 5.39. The fourth-order valence-electron chi connectivity index (χ4n) is 1.71. The highest BCUT2D eigenvalue weighted by molar-refractivity contribution is 9.10. The Labute approximate surface area is 103 Å². The summed E-state index contributed by atoms with van der Waals surface area (Å²) in [6.07, 6.45) is 9.50. The van der Waals surface area contributed by atoms with E-state index in [9.17, 15) is 0 Å². The Hall–Kier alpha value is -0.290. The van der Waals surface area contributed by atoms with Gasteiger partial charge in [-0.15, -0.1) is 0 Å². The first kappa shape index (κ1) is 11.2. The second kappa shape index (κ2) is 4.70. The van der Waals surface area contributed by atoms with Crippen molar-refractivity contribution < 1.29 is 0 Å². The highest BCUT2D eigenvalue weighted by atomic mass is 79.9. The van der Waals surface area contributed by atoms with Crippen LogP contribution in [0.4, 0.5) is 5.82 Å². The molecule has 82 valence electrons. The highest BCUT2D eigenvalue weighted by Crippen LogP contribution is 2.42. The molecule has 1 aromatic heterocycles. The van der Waals surface area contributed by atoms with Crippen molar-refractivity contribution in [1.29, 1.82) is 0 Å². The zero-order valence-corrected chi connectivity index (χ0v) is 11.1. The fourth-order valence-corrected chi connectivity index (χ4v) is 2.99. The van der Waals surface area contributed by atoms with Crippen molar-refractivity contribution in [3.8, 4) is 0 Å². The number of hydrogen-bond acceptors (Lipinski definition) is 4. The van der Waals surface area contributed by atoms with Gasteiger partial charge in [-0.05, 0) is 35.0 Å². The van der Waals surface area contributed by atoms with Crippen LogP contribution in [0.5, 0.6) is 0 Å². The lowest BCUT2D eigenvalue weighted by Crippen LogP contribution is -2.40. The summed E-state index contributed by atoms with van der Waals surface area (Å²) in [5, 5.41) is 3.39. The number of thioether (sulfide) groups is 1. The molecule has 0 saturated heterocycles. The van der Waals surface area contributed by atoms with E-state index in [0.717, 1.165) is 16.8 Å². The highest BCUT2D eigenvalue weighted by Gasteiger charge is 2.35. The molecule has 0 unspecified atom stereocenters. The topological polar surface area (TPSA) is 37.8 Å². The molecule has 3 nitrogen and oxygen atoms in total. The molecule has 1 saturated carbocycles. The first-order valence-corrected chi connectivity index (χ1v) is 7.02. The predicted molar refractivity (Wildman–Crippen MR) is 68.3 cm³/mol. The maximum Gasteiger partial charge on any atom is 0.143 e. The van der Waals surface area contributed by atoms with Crippen molar-refractivity contribution in [2.45, 2.75) is 24.0 Å². The molecule has 1 aromatic rings. The van der Waals surface area contributed by atoms with Crippen LogP contribution in [0.1, 0.15) is 19.3 Å². The smallest absolute Gasteiger partial charge is 0.143 e. The lowest BCUT2D eigenvalue weighted by atomic mass is 9.84. The van der Waals surface area contributed by atoms with E-state index in [1.165, 1.54) is 19.3 Å². The van der Waals surface area contributed by atoms with Crippen molar-refractivity contribution in [1.82, 2.24) is 9.97 Å². The summed E-state index contributed by atoms with van der Waals surface area (Å²) in [5.41, 5.74) is 0. The quantitative estimate of drug-likeness (QED) is 0.924. The molecule has 0 aliphatic heterocycles. The van der Waals surface area contributed by atoms with Crippen LogP contribution in [-0.2, 0) is 0 Å². The molecule has 0 bridgehead atoms. The van der Waals surface area contributed by atoms with Gasteiger partial charge in [-0.2, -0.15) is 11.8 Å². The Morgan fingerprint density at radius 1 is 1.60 bits per heavy atom. The third kappa shape index (κ3) is 2.45. The minimum Gasteiger partial charge on any atom is -0.368 e. The van der Waals surface area contributed by atoms with E-state index < -0.39 is 0 Å². The summed E-state index contributed by atoms with van der Waals surface area (Å²) < 4.78 is 1.37. The van der Waals surface area contributed by atoms with Gasteiger partial charge in [0, 0.05) is 17.5 Å². The zero-order chi connectivity index (χ0) is 10.7. The average molecular weight is 288 g/mol. The van der Waals surface area contributed by atoms with Gasteiger partial charge in [0.15, 0.2) is 0 Å². The number of halogens is 1. The van der Waals surface area contributed by atoms with E-state index in [-0.39, 0.29) is 0 Å². The molecule has 15 heavy (non-hydrogen) atoms. The number of nitrogens with zero attached hydrogens (tertiary/aromatic N) is 2. The van der Waals surface area contributed by atoms with Crippen molar-refractivity contribution in [3.05, 3.63) is 17.0 Å². The normalized spacial score (nSPS) is 18.3. The third-order valence-electron chi connectivity index (χ3n) is 2.94. The van der Waals surface area contributed by atoms with Crippen LogP contribution in [0.25, 0.3) is 0 Å². The van der Waals surface area contributed by atoms with Gasteiger partial charge < -0.3 is 5.32 Å². The van der Waals surface area contributed by atoms with E-state index in [1.54, 1.807) is 12.5 Å². The molecule has 0 radical (unpaired) electrons. The summed E-state index contributed by atoms with van der Waals surface area (Å²) in [6.45, 7) is 0.990. The van der Waals surface area contributed by atoms with E-state index in [1.807, 2.05) is 11.8 Å². The predicted octanol–water partition coefficient (Wildman–Crippen LogP) is 2.94. The molecule has 1 aliphatic rings. The van der Waals surface area contributed by atoms with Crippen LogP contribution >= 0.6 is 27.7 Å². The second-order valence-electron chi connectivity index (χ2n) is 3.81. The average Bonchev–Trinajstić information content (AvgIpc) is 2.19. The molecule has 0 aromatic carbocycles. The van der Waals surface area contributed by atoms with Crippen molar-refractivity contribution >= 4 is 33.5 Å². The summed E-state index contributed by atoms with van der Waals surface area (Å²) in [4.78, 5) is 8.14. The lowest BCUT2D eigenvalue weighted by Gasteiger charge is -2.40. The molecular formula is C10H14BrN3S. The first-order valence-electron chi connectivity index (χ1n) is 5.00. The Balaban J connectivity index is 1.95. The van der Waals surface area contributed by atoms with E-state index in [0.29, 0.717) is 4.75 Å². The maximum absolute atomic E-state index is 4.20. The van der Waals surface area contributed by atoms with E-state index in [4.69, 9.17) is 0 Å². The van der Waals surface area contributed by atoms with Gasteiger partial charge in [0.25, 0.3) is 0 Å². The Bertz CT molecular complexity index is 336. The van der Waals surface area contributed by atoms with Gasteiger partial charge in [0.05, 0.1) is 4.47 Å². The SMILES string of the molecule is CSC1(CNc2ncncc2Br)CCC1. The Morgan fingerprint density at radius 3 is 2.93 bits per heavy atom. The molecule has 1 N–H and O–H groups in total. The molecule has 5 heteroatoms. The van der Waals surface area contributed by atoms with Gasteiger partial charge >= 0.3 is 0 Å². The van der Waals surface area contributed by atoms with Gasteiger partial charge in [-0.1, -0.05) is 6.42 Å². The maximum atomic E-state index is 4.20. The molecule has 2 rings (SSSR count). The Kier molecular flexibility index (Phi) is 3.51. The third-order valence-corrected chi connectivity index (χ3v) is 4.94. The number of rotatable bonds is 4. The molecular weight excluding hydrogens is 274 g/mol. The van der Waals surface area contributed by atoms with Crippen LogP contribution in [0.2, 0.25) is 0 Å². The number of aromatic nitrogens is 2. The first-order chi connectivity index (χ1) is 7.26. The second-order valence-corrected chi connectivity index (χ2v) is 5.94. The largest absolute Gasteiger partial charge is 0.368 e. The molecule has 1 heterocycles. The van der Waals surface area contributed by atoms with Crippen LogP contribution in [-0.4, -0.2) is 27.5 Å². The molecule has 0 amide bonds. The number of nitrogens with one attached hydrogen (secondary N) is 1.